The molecule has 0 atom stereocenters. The number of rotatable bonds is 6. The Balaban J connectivity index is -0.0000000793. The average molecular weight is 310 g/mol. The van der Waals surface area contributed by atoms with Gasteiger partial charge in [-0.25, -0.2) is 0 Å². The Morgan fingerprint density at radius 2 is 0.842 bits per heavy atom. The van der Waals surface area contributed by atoms with Crippen LogP contribution in [0.3, 0.4) is 0 Å². The Bertz CT molecular complexity index is 78.4. The first-order valence-corrected chi connectivity index (χ1v) is 8.33. The summed E-state index contributed by atoms with van der Waals surface area (Å²) in [5.74, 6) is 0. The van der Waals surface area contributed by atoms with Crippen molar-refractivity contribution in [1.29, 1.82) is 0 Å². The zero-order valence-electron chi connectivity index (χ0n) is 13.7. The maximum absolute atomic E-state index is 9.53. The van der Waals surface area contributed by atoms with E-state index >= 15 is 0 Å². The molecule has 0 heterocycles. The molecule has 0 aliphatic rings. The van der Waals surface area contributed by atoms with Crippen LogP contribution in [0.25, 0.3) is 0 Å². The van der Waals surface area contributed by atoms with Crippen LogP contribution in [-0.2, 0) is 20.4 Å². The normalized spacial score (nSPS) is 8.58. The van der Waals surface area contributed by atoms with Crippen molar-refractivity contribution in [1.82, 2.24) is 0 Å². The molecule has 0 rings (SSSR count). The summed E-state index contributed by atoms with van der Waals surface area (Å²) in [6.07, 6.45) is 5.59. The SMILES string of the molecule is CCCC[O-].CCCC[O-].CCCC[O-].C[CH](C)[Ti+3]. The van der Waals surface area contributed by atoms with E-state index in [1.165, 1.54) is 0 Å². The van der Waals surface area contributed by atoms with E-state index in [1.54, 1.807) is 0 Å². The number of unbranched alkanes of at least 4 members (excludes halogenated alkanes) is 3. The monoisotopic (exact) mass is 310 g/mol. The predicted molar refractivity (Wildman–Crippen MR) is 74.4 cm³/mol. The molecule has 0 saturated carbocycles. The summed E-state index contributed by atoms with van der Waals surface area (Å²) in [4.78, 5) is 0. The van der Waals surface area contributed by atoms with Gasteiger partial charge in [-0.05, 0) is 0 Å². The number of hydrogen-bond acceptors (Lipinski definition) is 3. The molecular weight excluding hydrogens is 276 g/mol. The first kappa shape index (κ1) is 27.9. The van der Waals surface area contributed by atoms with Crippen LogP contribution in [0.15, 0.2) is 0 Å². The summed E-state index contributed by atoms with van der Waals surface area (Å²) >= 11 is 2.17. The van der Waals surface area contributed by atoms with Gasteiger partial charge >= 0.3 is 38.5 Å². The molecular formula is C15H34O3Ti. The zero-order valence-corrected chi connectivity index (χ0v) is 15.2. The van der Waals surface area contributed by atoms with Gasteiger partial charge in [-0.2, -0.15) is 0 Å². The Morgan fingerprint density at radius 3 is 0.842 bits per heavy atom. The van der Waals surface area contributed by atoms with Gasteiger partial charge in [0.05, 0.1) is 0 Å². The fourth-order valence-electron chi connectivity index (χ4n) is 0.433. The molecule has 0 unspecified atom stereocenters. The molecule has 3 nitrogen and oxygen atoms in total. The van der Waals surface area contributed by atoms with Crippen LogP contribution in [0.2, 0.25) is 4.22 Å². The Morgan fingerprint density at radius 1 is 0.684 bits per heavy atom. The summed E-state index contributed by atoms with van der Waals surface area (Å²) in [5.41, 5.74) is 0. The topological polar surface area (TPSA) is 69.2 Å². The second kappa shape index (κ2) is 36.3. The second-order valence-corrected chi connectivity index (χ2v) is 6.13. The van der Waals surface area contributed by atoms with E-state index in [-0.39, 0.29) is 19.8 Å². The third-order valence-corrected chi connectivity index (χ3v) is 1.49. The molecule has 0 aliphatic carbocycles. The molecule has 0 amide bonds. The van der Waals surface area contributed by atoms with Gasteiger partial charge in [0.15, 0.2) is 0 Å². The molecule has 0 aliphatic heterocycles. The van der Waals surface area contributed by atoms with E-state index in [2.05, 4.69) is 34.3 Å². The van der Waals surface area contributed by atoms with Gasteiger partial charge in [0.25, 0.3) is 0 Å². The molecule has 0 bridgehead atoms. The predicted octanol–water partition coefficient (Wildman–Crippen LogP) is 1.80. The molecule has 0 aromatic rings. The van der Waals surface area contributed by atoms with Crippen molar-refractivity contribution in [2.24, 2.45) is 0 Å². The van der Waals surface area contributed by atoms with Gasteiger partial charge in [0.1, 0.15) is 0 Å². The van der Waals surface area contributed by atoms with Gasteiger partial charge in [-0.15, -0.1) is 19.8 Å². The molecule has 19 heavy (non-hydrogen) atoms. The second-order valence-electron chi connectivity index (χ2n) is 4.33. The summed E-state index contributed by atoms with van der Waals surface area (Å²) in [5, 5.41) is 28.6. The van der Waals surface area contributed by atoms with Gasteiger partial charge < -0.3 is 15.3 Å². The third-order valence-electron chi connectivity index (χ3n) is 1.49. The molecule has 0 fully saturated rings. The van der Waals surface area contributed by atoms with Crippen molar-refractivity contribution < 1.29 is 35.8 Å². The van der Waals surface area contributed by atoms with Gasteiger partial charge in [0.2, 0.25) is 0 Å². The standard InChI is InChI=1S/3C4H9O.C3H7.Ti/c3*1-2-3-4-5;1-3-2;/h3*2-4H2,1H3;3H,1-2H3;/q3*-1;;+3. The molecule has 0 aromatic heterocycles. The third kappa shape index (κ3) is 118. The first-order valence-electron chi connectivity index (χ1n) is 7.43. The van der Waals surface area contributed by atoms with Gasteiger partial charge in [-0.3, -0.25) is 0 Å². The van der Waals surface area contributed by atoms with E-state index in [1.807, 2.05) is 20.8 Å². The van der Waals surface area contributed by atoms with Crippen LogP contribution in [0, 0.1) is 0 Å². The molecule has 0 radical (unpaired) electrons. The minimum absolute atomic E-state index is 0.0938. The molecule has 0 spiro atoms. The molecule has 0 aromatic carbocycles. The van der Waals surface area contributed by atoms with Crippen LogP contribution >= 0.6 is 0 Å². The van der Waals surface area contributed by atoms with E-state index in [0.717, 1.165) is 42.7 Å². The van der Waals surface area contributed by atoms with E-state index in [0.29, 0.717) is 0 Å². The van der Waals surface area contributed by atoms with Gasteiger partial charge in [-0.1, -0.05) is 59.3 Å². The van der Waals surface area contributed by atoms with Crippen molar-refractivity contribution in [3.8, 4) is 0 Å². The Kier molecular flexibility index (Phi) is 53.2. The van der Waals surface area contributed by atoms with E-state index < -0.39 is 0 Å². The summed E-state index contributed by atoms with van der Waals surface area (Å²) in [6, 6.07) is 0. The zero-order chi connectivity index (χ0) is 15.9. The maximum atomic E-state index is 9.53. The fraction of sp³-hybridized carbons (Fsp3) is 1.00. The number of hydrogen-bond donors (Lipinski definition) is 0. The average Bonchev–Trinajstić information content (AvgIpc) is 2.33. The van der Waals surface area contributed by atoms with Crippen LogP contribution in [-0.4, -0.2) is 19.8 Å². The molecule has 116 valence electrons. The van der Waals surface area contributed by atoms with Crippen molar-refractivity contribution >= 4 is 0 Å². The van der Waals surface area contributed by atoms with Crippen LogP contribution in [0.4, 0.5) is 0 Å². The van der Waals surface area contributed by atoms with E-state index in [9.17, 15) is 15.3 Å². The molecule has 0 N–H and O–H groups in total. The van der Waals surface area contributed by atoms with Crippen LogP contribution in [0.5, 0.6) is 0 Å². The molecule has 0 saturated heterocycles. The van der Waals surface area contributed by atoms with E-state index in [4.69, 9.17) is 0 Å². The first-order chi connectivity index (χ1) is 8.97. The Hall–Kier alpha value is 0.594. The van der Waals surface area contributed by atoms with Crippen molar-refractivity contribution in [3.63, 3.8) is 0 Å². The molecule has 4 heteroatoms. The Labute approximate surface area is 133 Å². The minimum atomic E-state index is 0.0938. The fourth-order valence-corrected chi connectivity index (χ4v) is 0.433. The van der Waals surface area contributed by atoms with Crippen molar-refractivity contribution in [2.75, 3.05) is 19.8 Å². The van der Waals surface area contributed by atoms with Crippen LogP contribution < -0.4 is 15.3 Å². The summed E-state index contributed by atoms with van der Waals surface area (Å²) < 4.78 is 0.833. The summed E-state index contributed by atoms with van der Waals surface area (Å²) in [7, 11) is 0. The quantitative estimate of drug-likeness (QED) is 0.702. The summed E-state index contributed by atoms with van der Waals surface area (Å²) in [6.45, 7) is 10.6. The van der Waals surface area contributed by atoms with Crippen LogP contribution in [0.1, 0.15) is 73.1 Å². The van der Waals surface area contributed by atoms with Crippen molar-refractivity contribution in [3.05, 3.63) is 0 Å². The van der Waals surface area contributed by atoms with Crippen molar-refractivity contribution in [2.45, 2.75) is 77.4 Å². The van der Waals surface area contributed by atoms with Gasteiger partial charge in [0, 0.05) is 0 Å².